The predicted octanol–water partition coefficient (Wildman–Crippen LogP) is -0.153. The van der Waals surface area contributed by atoms with Crippen molar-refractivity contribution in [1.82, 2.24) is 9.97 Å². The van der Waals surface area contributed by atoms with Crippen LogP contribution in [0.4, 0.5) is 5.95 Å². The van der Waals surface area contributed by atoms with Gasteiger partial charge in [-0.2, -0.15) is 4.99 Å². The lowest BCUT2D eigenvalue weighted by Crippen LogP contribution is -2.28. The number of nitrogens with two attached hydrogens (primary N) is 2. The third-order valence-corrected chi connectivity index (χ3v) is 2.12. The minimum Gasteiger partial charge on any atom is -0.370 e. The van der Waals surface area contributed by atoms with E-state index in [1.54, 1.807) is 13.0 Å². The molecule has 0 aromatic carbocycles. The molecule has 4 N–H and O–H groups in total. The average Bonchev–Trinajstić information content (AvgIpc) is 2.27. The number of aliphatic imine (C=N–C) groups is 1. The standard InChI is InChI=1S/C9H15N5O2/c1-9(15-2,16-3)6-4-5-12-8(13-6)14-7(10)11/h4-5H,1-3H3,(H4,10,11,12,13,14). The van der Waals surface area contributed by atoms with Crippen LogP contribution in [0.1, 0.15) is 12.6 Å². The van der Waals surface area contributed by atoms with Crippen LogP contribution in [0.5, 0.6) is 0 Å². The molecule has 1 aromatic heterocycles. The molecule has 7 nitrogen and oxygen atoms in total. The lowest BCUT2D eigenvalue weighted by atomic mass is 10.2. The Kier molecular flexibility index (Phi) is 3.75. The molecule has 0 aliphatic rings. The van der Waals surface area contributed by atoms with E-state index in [2.05, 4.69) is 15.0 Å². The fourth-order valence-corrected chi connectivity index (χ4v) is 1.06. The highest BCUT2D eigenvalue weighted by atomic mass is 16.7. The molecule has 0 amide bonds. The van der Waals surface area contributed by atoms with Gasteiger partial charge in [0.1, 0.15) is 5.69 Å². The van der Waals surface area contributed by atoms with E-state index >= 15 is 0 Å². The second-order valence-corrected chi connectivity index (χ2v) is 3.13. The van der Waals surface area contributed by atoms with E-state index in [0.717, 1.165) is 0 Å². The molecule has 7 heteroatoms. The monoisotopic (exact) mass is 225 g/mol. The van der Waals surface area contributed by atoms with E-state index in [0.29, 0.717) is 5.69 Å². The number of methoxy groups -OCH3 is 2. The lowest BCUT2D eigenvalue weighted by Gasteiger charge is -2.25. The number of nitrogens with zero attached hydrogens (tertiary/aromatic N) is 3. The lowest BCUT2D eigenvalue weighted by molar-refractivity contribution is -0.204. The maximum absolute atomic E-state index is 5.23. The fourth-order valence-electron chi connectivity index (χ4n) is 1.06. The van der Waals surface area contributed by atoms with Gasteiger partial charge in [0.25, 0.3) is 5.95 Å². The van der Waals surface area contributed by atoms with Gasteiger partial charge in [-0.1, -0.05) is 0 Å². The molecule has 0 spiro atoms. The smallest absolute Gasteiger partial charge is 0.252 e. The molecule has 0 bridgehead atoms. The number of guanidine groups is 1. The fraction of sp³-hybridized carbons (Fsp3) is 0.444. The molecule has 0 radical (unpaired) electrons. The Balaban J connectivity index is 3.12. The third-order valence-electron chi connectivity index (χ3n) is 2.12. The molecule has 88 valence electrons. The topological polar surface area (TPSA) is 109 Å². The van der Waals surface area contributed by atoms with Crippen molar-refractivity contribution in [2.45, 2.75) is 12.7 Å². The van der Waals surface area contributed by atoms with Crippen LogP contribution in [0.3, 0.4) is 0 Å². The number of rotatable bonds is 4. The Labute approximate surface area is 93.5 Å². The Morgan fingerprint density at radius 3 is 2.50 bits per heavy atom. The van der Waals surface area contributed by atoms with Crippen molar-refractivity contribution in [2.24, 2.45) is 16.5 Å². The van der Waals surface area contributed by atoms with Gasteiger partial charge in [-0.3, -0.25) is 0 Å². The molecule has 0 saturated carbocycles. The number of hydrogen-bond donors (Lipinski definition) is 2. The molecule has 1 rings (SSSR count). The number of hydrogen-bond acceptors (Lipinski definition) is 5. The molecular weight excluding hydrogens is 210 g/mol. The highest BCUT2D eigenvalue weighted by Crippen LogP contribution is 2.23. The first-order valence-corrected chi connectivity index (χ1v) is 4.55. The minimum atomic E-state index is -0.948. The zero-order chi connectivity index (χ0) is 12.2. The molecule has 16 heavy (non-hydrogen) atoms. The Bertz CT molecular complexity index is 385. The molecular formula is C9H15N5O2. The summed E-state index contributed by atoms with van der Waals surface area (Å²) in [4.78, 5) is 11.8. The first kappa shape index (κ1) is 12.3. The summed E-state index contributed by atoms with van der Waals surface area (Å²) in [6.45, 7) is 1.73. The van der Waals surface area contributed by atoms with Gasteiger partial charge in [-0.05, 0) is 13.0 Å². The highest BCUT2D eigenvalue weighted by molar-refractivity contribution is 5.77. The molecule has 1 aromatic rings. The first-order valence-electron chi connectivity index (χ1n) is 4.55. The van der Waals surface area contributed by atoms with Crippen LogP contribution in [0.2, 0.25) is 0 Å². The number of aromatic nitrogens is 2. The Hall–Kier alpha value is -1.73. The SMILES string of the molecule is COC(C)(OC)c1ccnc(N=C(N)N)n1. The summed E-state index contributed by atoms with van der Waals surface area (Å²) in [6, 6.07) is 1.67. The van der Waals surface area contributed by atoms with E-state index in [9.17, 15) is 0 Å². The molecule has 0 aliphatic carbocycles. The van der Waals surface area contributed by atoms with Crippen molar-refractivity contribution in [3.05, 3.63) is 18.0 Å². The minimum absolute atomic E-state index is 0.103. The summed E-state index contributed by atoms with van der Waals surface area (Å²) in [5.41, 5.74) is 11.0. The maximum atomic E-state index is 5.23. The van der Waals surface area contributed by atoms with Gasteiger partial charge in [0, 0.05) is 20.4 Å². The molecule has 0 aliphatic heterocycles. The van der Waals surface area contributed by atoms with Crippen molar-refractivity contribution < 1.29 is 9.47 Å². The molecule has 1 heterocycles. The molecule has 0 saturated heterocycles. The van der Waals surface area contributed by atoms with Crippen molar-refractivity contribution in [2.75, 3.05) is 14.2 Å². The number of ether oxygens (including phenoxy) is 2. The van der Waals surface area contributed by atoms with Crippen LogP contribution in [-0.4, -0.2) is 30.1 Å². The maximum Gasteiger partial charge on any atom is 0.252 e. The summed E-state index contributed by atoms with van der Waals surface area (Å²) >= 11 is 0. The van der Waals surface area contributed by atoms with E-state index in [1.165, 1.54) is 20.4 Å². The van der Waals surface area contributed by atoms with Crippen LogP contribution >= 0.6 is 0 Å². The molecule has 0 atom stereocenters. The van der Waals surface area contributed by atoms with Crippen LogP contribution in [-0.2, 0) is 15.3 Å². The third kappa shape index (κ3) is 2.65. The first-order chi connectivity index (χ1) is 7.51. The Morgan fingerprint density at radius 2 is 2.00 bits per heavy atom. The van der Waals surface area contributed by atoms with Crippen LogP contribution in [0.25, 0.3) is 0 Å². The van der Waals surface area contributed by atoms with E-state index < -0.39 is 5.79 Å². The van der Waals surface area contributed by atoms with E-state index in [-0.39, 0.29) is 11.9 Å². The quantitative estimate of drug-likeness (QED) is 0.419. The average molecular weight is 225 g/mol. The Morgan fingerprint density at radius 1 is 1.38 bits per heavy atom. The van der Waals surface area contributed by atoms with Crippen LogP contribution in [0, 0.1) is 0 Å². The zero-order valence-corrected chi connectivity index (χ0v) is 9.47. The molecule has 0 unspecified atom stereocenters. The van der Waals surface area contributed by atoms with Gasteiger partial charge in [0.15, 0.2) is 5.96 Å². The predicted molar refractivity (Wildman–Crippen MR) is 58.9 cm³/mol. The van der Waals surface area contributed by atoms with E-state index in [1.807, 2.05) is 0 Å². The van der Waals surface area contributed by atoms with Gasteiger partial charge in [-0.15, -0.1) is 0 Å². The summed E-state index contributed by atoms with van der Waals surface area (Å²) in [6.07, 6.45) is 1.53. The second-order valence-electron chi connectivity index (χ2n) is 3.13. The van der Waals surface area contributed by atoms with Crippen LogP contribution < -0.4 is 11.5 Å². The zero-order valence-electron chi connectivity index (χ0n) is 9.47. The normalized spacial score (nSPS) is 11.2. The summed E-state index contributed by atoms with van der Waals surface area (Å²) in [5.74, 6) is -0.886. The van der Waals surface area contributed by atoms with Crippen LogP contribution in [0.15, 0.2) is 17.3 Å². The van der Waals surface area contributed by atoms with Crippen molar-refractivity contribution in [1.29, 1.82) is 0 Å². The summed E-state index contributed by atoms with van der Waals surface area (Å²) < 4.78 is 10.4. The van der Waals surface area contributed by atoms with Gasteiger partial charge >= 0.3 is 0 Å². The van der Waals surface area contributed by atoms with Gasteiger partial charge in [0.05, 0.1) is 0 Å². The van der Waals surface area contributed by atoms with Crippen molar-refractivity contribution >= 4 is 11.9 Å². The van der Waals surface area contributed by atoms with E-state index in [4.69, 9.17) is 20.9 Å². The van der Waals surface area contributed by atoms with Gasteiger partial charge in [0.2, 0.25) is 5.79 Å². The largest absolute Gasteiger partial charge is 0.370 e. The highest BCUT2D eigenvalue weighted by Gasteiger charge is 2.27. The second kappa shape index (κ2) is 4.86. The van der Waals surface area contributed by atoms with Crippen molar-refractivity contribution in [3.63, 3.8) is 0 Å². The van der Waals surface area contributed by atoms with Crippen molar-refractivity contribution in [3.8, 4) is 0 Å². The van der Waals surface area contributed by atoms with Gasteiger partial charge < -0.3 is 20.9 Å². The summed E-state index contributed by atoms with van der Waals surface area (Å²) in [5, 5.41) is 0. The molecule has 0 fully saturated rings. The van der Waals surface area contributed by atoms with Gasteiger partial charge in [-0.25, -0.2) is 9.97 Å². The summed E-state index contributed by atoms with van der Waals surface area (Å²) in [7, 11) is 3.04.